The van der Waals surface area contributed by atoms with Crippen molar-refractivity contribution in [3.63, 3.8) is 0 Å². The standard InChI is InChI=1S/C23H17NO4/c24-15-19-13-7-8-14-20(19)27-16-21(25)28-23(18-11-5-2-6-12-18)22(26)17-9-3-1-4-10-17/h1-14,23H,16H2. The molecule has 0 aromatic heterocycles. The Labute approximate surface area is 162 Å². The molecule has 0 saturated carbocycles. The molecule has 0 aliphatic rings. The summed E-state index contributed by atoms with van der Waals surface area (Å²) in [5.74, 6) is -0.740. The first-order valence-corrected chi connectivity index (χ1v) is 8.64. The summed E-state index contributed by atoms with van der Waals surface area (Å²) >= 11 is 0. The van der Waals surface area contributed by atoms with Gasteiger partial charge in [0.2, 0.25) is 5.78 Å². The summed E-state index contributed by atoms with van der Waals surface area (Å²) in [6, 6.07) is 26.0. The number of carbonyl (C=O) groups is 2. The van der Waals surface area contributed by atoms with Gasteiger partial charge in [0, 0.05) is 11.1 Å². The Morgan fingerprint density at radius 1 is 0.857 bits per heavy atom. The lowest BCUT2D eigenvalue weighted by molar-refractivity contribution is -0.149. The number of para-hydroxylation sites is 1. The van der Waals surface area contributed by atoms with Crippen molar-refractivity contribution in [1.29, 1.82) is 5.26 Å². The van der Waals surface area contributed by atoms with Crippen molar-refractivity contribution < 1.29 is 19.1 Å². The number of Topliss-reactive ketones (excluding diaryl/α,β-unsaturated/α-hetero) is 1. The van der Waals surface area contributed by atoms with Crippen LogP contribution < -0.4 is 4.74 Å². The molecule has 0 aliphatic carbocycles. The normalized spacial score (nSPS) is 11.1. The molecule has 0 saturated heterocycles. The zero-order valence-corrected chi connectivity index (χ0v) is 14.9. The molecule has 0 radical (unpaired) electrons. The van der Waals surface area contributed by atoms with Gasteiger partial charge < -0.3 is 9.47 Å². The summed E-state index contributed by atoms with van der Waals surface area (Å²) in [6.07, 6.45) is -1.08. The summed E-state index contributed by atoms with van der Waals surface area (Å²) < 4.78 is 10.9. The third kappa shape index (κ3) is 4.63. The van der Waals surface area contributed by atoms with Gasteiger partial charge in [0.05, 0.1) is 5.56 Å². The van der Waals surface area contributed by atoms with Gasteiger partial charge >= 0.3 is 5.97 Å². The largest absolute Gasteiger partial charge is 0.481 e. The van der Waals surface area contributed by atoms with Crippen molar-refractivity contribution in [2.75, 3.05) is 6.61 Å². The molecule has 0 heterocycles. The second-order valence-corrected chi connectivity index (χ2v) is 5.91. The Balaban J connectivity index is 1.75. The van der Waals surface area contributed by atoms with Crippen molar-refractivity contribution in [3.05, 3.63) is 102 Å². The lowest BCUT2D eigenvalue weighted by atomic mass is 10.00. The van der Waals surface area contributed by atoms with Crippen molar-refractivity contribution >= 4 is 11.8 Å². The van der Waals surface area contributed by atoms with E-state index in [1.54, 1.807) is 78.9 Å². The Hall–Kier alpha value is -3.91. The minimum atomic E-state index is -1.08. The number of benzene rings is 3. The quantitative estimate of drug-likeness (QED) is 0.461. The SMILES string of the molecule is N#Cc1ccccc1OCC(=O)OC(C(=O)c1ccccc1)c1ccccc1. The maximum absolute atomic E-state index is 12.9. The average Bonchev–Trinajstić information content (AvgIpc) is 2.77. The van der Waals surface area contributed by atoms with Crippen LogP contribution in [0.2, 0.25) is 0 Å². The van der Waals surface area contributed by atoms with Gasteiger partial charge in [-0.3, -0.25) is 4.79 Å². The van der Waals surface area contributed by atoms with E-state index in [0.717, 1.165) is 0 Å². The van der Waals surface area contributed by atoms with Crippen molar-refractivity contribution in [2.45, 2.75) is 6.10 Å². The lowest BCUT2D eigenvalue weighted by Crippen LogP contribution is -2.23. The van der Waals surface area contributed by atoms with E-state index in [1.807, 2.05) is 12.1 Å². The minimum absolute atomic E-state index is 0.285. The second-order valence-electron chi connectivity index (χ2n) is 5.91. The molecule has 138 valence electrons. The highest BCUT2D eigenvalue weighted by atomic mass is 16.6. The Bertz CT molecular complexity index is 994. The highest BCUT2D eigenvalue weighted by molar-refractivity contribution is 6.01. The molecule has 0 bridgehead atoms. The van der Waals surface area contributed by atoms with Crippen LogP contribution in [-0.4, -0.2) is 18.4 Å². The smallest absolute Gasteiger partial charge is 0.345 e. The number of rotatable bonds is 7. The van der Waals surface area contributed by atoms with Crippen LogP contribution >= 0.6 is 0 Å². The number of carbonyl (C=O) groups excluding carboxylic acids is 2. The maximum atomic E-state index is 12.9. The molecule has 0 amide bonds. The highest BCUT2D eigenvalue weighted by Crippen LogP contribution is 2.23. The summed E-state index contributed by atoms with van der Waals surface area (Å²) in [4.78, 5) is 25.2. The number of nitriles is 1. The lowest BCUT2D eigenvalue weighted by Gasteiger charge is -2.18. The molecule has 3 rings (SSSR count). The van der Waals surface area contributed by atoms with Gasteiger partial charge in [0.1, 0.15) is 11.8 Å². The fraction of sp³-hybridized carbons (Fsp3) is 0.0870. The van der Waals surface area contributed by atoms with Crippen LogP contribution in [0.15, 0.2) is 84.9 Å². The van der Waals surface area contributed by atoms with Gasteiger partial charge in [-0.2, -0.15) is 5.26 Å². The Morgan fingerprint density at radius 2 is 1.46 bits per heavy atom. The number of nitrogens with zero attached hydrogens (tertiary/aromatic N) is 1. The Kier molecular flexibility index (Phi) is 6.17. The monoisotopic (exact) mass is 371 g/mol. The first-order chi connectivity index (χ1) is 13.7. The van der Waals surface area contributed by atoms with E-state index in [2.05, 4.69) is 0 Å². The fourth-order valence-electron chi connectivity index (χ4n) is 2.64. The van der Waals surface area contributed by atoms with Gasteiger partial charge in [-0.15, -0.1) is 0 Å². The molecule has 0 fully saturated rings. The first-order valence-electron chi connectivity index (χ1n) is 8.64. The zero-order valence-electron chi connectivity index (χ0n) is 14.9. The van der Waals surface area contributed by atoms with Gasteiger partial charge in [0.15, 0.2) is 12.7 Å². The molecular weight excluding hydrogens is 354 g/mol. The molecule has 5 nitrogen and oxygen atoms in total. The summed E-state index contributed by atoms with van der Waals surface area (Å²) in [5.41, 5.74) is 1.33. The molecule has 0 spiro atoms. The number of hydrogen-bond donors (Lipinski definition) is 0. The summed E-state index contributed by atoms with van der Waals surface area (Å²) in [7, 11) is 0. The van der Waals surface area contributed by atoms with E-state index in [1.165, 1.54) is 0 Å². The molecule has 1 unspecified atom stereocenters. The van der Waals surface area contributed by atoms with Crippen LogP contribution in [-0.2, 0) is 9.53 Å². The molecule has 28 heavy (non-hydrogen) atoms. The Morgan fingerprint density at radius 3 is 2.14 bits per heavy atom. The first kappa shape index (κ1) is 18.9. The van der Waals surface area contributed by atoms with Crippen LogP contribution in [0.5, 0.6) is 5.75 Å². The molecule has 3 aromatic rings. The maximum Gasteiger partial charge on any atom is 0.345 e. The number of esters is 1. The van der Waals surface area contributed by atoms with Gasteiger partial charge in [-0.05, 0) is 12.1 Å². The zero-order chi connectivity index (χ0) is 19.8. The van der Waals surface area contributed by atoms with Crippen molar-refractivity contribution in [2.24, 2.45) is 0 Å². The van der Waals surface area contributed by atoms with Gasteiger partial charge in [-0.25, -0.2) is 4.79 Å². The van der Waals surface area contributed by atoms with E-state index >= 15 is 0 Å². The predicted octanol–water partition coefficient (Wildman–Crippen LogP) is 4.10. The van der Waals surface area contributed by atoms with Crippen LogP contribution in [0.3, 0.4) is 0 Å². The molecule has 0 N–H and O–H groups in total. The molecule has 1 atom stereocenters. The summed E-state index contributed by atoms with van der Waals surface area (Å²) in [5, 5.41) is 9.09. The number of hydrogen-bond acceptors (Lipinski definition) is 5. The highest BCUT2D eigenvalue weighted by Gasteiger charge is 2.26. The average molecular weight is 371 g/mol. The van der Waals surface area contributed by atoms with Crippen LogP contribution in [0.25, 0.3) is 0 Å². The van der Waals surface area contributed by atoms with E-state index in [9.17, 15) is 9.59 Å². The van der Waals surface area contributed by atoms with Crippen molar-refractivity contribution in [1.82, 2.24) is 0 Å². The van der Waals surface area contributed by atoms with E-state index < -0.39 is 18.7 Å². The van der Waals surface area contributed by atoms with Crippen LogP contribution in [0, 0.1) is 11.3 Å². The number of ketones is 1. The van der Waals surface area contributed by atoms with Gasteiger partial charge in [0.25, 0.3) is 0 Å². The second kappa shape index (κ2) is 9.15. The summed E-state index contributed by atoms with van der Waals surface area (Å²) in [6.45, 7) is -0.413. The third-order valence-corrected chi connectivity index (χ3v) is 4.00. The minimum Gasteiger partial charge on any atom is -0.481 e. The van der Waals surface area contributed by atoms with Crippen LogP contribution in [0.1, 0.15) is 27.6 Å². The molecular formula is C23H17NO4. The predicted molar refractivity (Wildman–Crippen MR) is 103 cm³/mol. The topological polar surface area (TPSA) is 76.4 Å². The molecule has 5 heteroatoms. The van der Waals surface area contributed by atoms with E-state index in [-0.39, 0.29) is 11.5 Å². The van der Waals surface area contributed by atoms with Crippen molar-refractivity contribution in [3.8, 4) is 11.8 Å². The number of ether oxygens (including phenoxy) is 2. The van der Waals surface area contributed by atoms with Gasteiger partial charge in [-0.1, -0.05) is 72.8 Å². The van der Waals surface area contributed by atoms with E-state index in [4.69, 9.17) is 14.7 Å². The third-order valence-electron chi connectivity index (χ3n) is 4.00. The molecule has 0 aliphatic heterocycles. The van der Waals surface area contributed by atoms with E-state index in [0.29, 0.717) is 16.7 Å². The fourth-order valence-corrected chi connectivity index (χ4v) is 2.64. The molecule has 3 aromatic carbocycles. The van der Waals surface area contributed by atoms with Crippen LogP contribution in [0.4, 0.5) is 0 Å².